The minimum Gasteiger partial charge on any atom is -0.324 e. The molecular weight excluding hydrogens is 277 g/mol. The molecule has 1 nitrogen and oxygen atoms in total. The summed E-state index contributed by atoms with van der Waals surface area (Å²) >= 11 is 12.2. The molecule has 0 heterocycles. The molecule has 1 atom stereocenters. The Morgan fingerprint density at radius 3 is 2.58 bits per heavy atom. The van der Waals surface area contributed by atoms with Crippen molar-refractivity contribution in [2.45, 2.75) is 25.8 Å². The summed E-state index contributed by atoms with van der Waals surface area (Å²) in [5.41, 5.74) is 9.77. The van der Waals surface area contributed by atoms with Crippen molar-refractivity contribution in [3.05, 3.63) is 69.2 Å². The van der Waals surface area contributed by atoms with Gasteiger partial charge in [0.15, 0.2) is 0 Å². The first-order valence-electron chi connectivity index (χ1n) is 6.33. The Bertz CT molecular complexity index is 566. The average molecular weight is 294 g/mol. The summed E-state index contributed by atoms with van der Waals surface area (Å²) in [6.07, 6.45) is 1.79. The molecule has 2 aromatic rings. The lowest BCUT2D eigenvalue weighted by atomic mass is 9.97. The van der Waals surface area contributed by atoms with Crippen LogP contribution in [0.25, 0.3) is 0 Å². The highest BCUT2D eigenvalue weighted by Gasteiger charge is 2.11. The lowest BCUT2D eigenvalue weighted by Gasteiger charge is -2.15. The molecule has 0 aliphatic heterocycles. The summed E-state index contributed by atoms with van der Waals surface area (Å²) < 4.78 is 0. The van der Waals surface area contributed by atoms with Gasteiger partial charge in [0.25, 0.3) is 0 Å². The van der Waals surface area contributed by atoms with Crippen LogP contribution in [0.15, 0.2) is 42.5 Å². The molecule has 0 aromatic heterocycles. The number of benzene rings is 2. The van der Waals surface area contributed by atoms with Crippen LogP contribution in [0.4, 0.5) is 0 Å². The quantitative estimate of drug-likeness (QED) is 0.849. The van der Waals surface area contributed by atoms with E-state index in [1.165, 1.54) is 11.1 Å². The summed E-state index contributed by atoms with van der Waals surface area (Å²) in [4.78, 5) is 0. The first kappa shape index (κ1) is 14.4. The van der Waals surface area contributed by atoms with Crippen LogP contribution in [0.2, 0.25) is 10.0 Å². The Kier molecular flexibility index (Phi) is 4.87. The predicted molar refractivity (Wildman–Crippen MR) is 82.9 cm³/mol. The number of hydrogen-bond acceptors (Lipinski definition) is 1. The van der Waals surface area contributed by atoms with Crippen LogP contribution < -0.4 is 5.73 Å². The smallest absolute Gasteiger partial charge is 0.0454 e. The number of aryl methyl sites for hydroxylation is 2. The van der Waals surface area contributed by atoms with E-state index in [-0.39, 0.29) is 6.04 Å². The van der Waals surface area contributed by atoms with Crippen LogP contribution in [-0.4, -0.2) is 0 Å². The van der Waals surface area contributed by atoms with E-state index in [0.29, 0.717) is 10.0 Å². The van der Waals surface area contributed by atoms with Crippen molar-refractivity contribution >= 4 is 23.2 Å². The molecule has 0 saturated heterocycles. The first-order valence-corrected chi connectivity index (χ1v) is 7.08. The van der Waals surface area contributed by atoms with E-state index in [1.54, 1.807) is 12.1 Å². The van der Waals surface area contributed by atoms with Gasteiger partial charge >= 0.3 is 0 Å². The molecule has 0 amide bonds. The lowest BCUT2D eigenvalue weighted by molar-refractivity contribution is 0.650. The first-order chi connectivity index (χ1) is 9.08. The molecule has 0 aliphatic carbocycles. The molecule has 0 fully saturated rings. The second-order valence-electron chi connectivity index (χ2n) is 4.74. The van der Waals surface area contributed by atoms with Gasteiger partial charge in [0.2, 0.25) is 0 Å². The van der Waals surface area contributed by atoms with E-state index in [2.05, 4.69) is 25.1 Å². The van der Waals surface area contributed by atoms with Crippen LogP contribution in [0.3, 0.4) is 0 Å². The Morgan fingerprint density at radius 2 is 1.84 bits per heavy atom. The summed E-state index contributed by atoms with van der Waals surface area (Å²) in [5, 5.41) is 1.35. The number of rotatable bonds is 4. The van der Waals surface area contributed by atoms with E-state index in [9.17, 15) is 0 Å². The molecule has 2 N–H and O–H groups in total. The minimum atomic E-state index is -0.0918. The largest absolute Gasteiger partial charge is 0.324 e. The minimum absolute atomic E-state index is 0.0918. The van der Waals surface area contributed by atoms with Crippen LogP contribution in [0.5, 0.6) is 0 Å². The van der Waals surface area contributed by atoms with Gasteiger partial charge in [-0.25, -0.2) is 0 Å². The van der Waals surface area contributed by atoms with Crippen molar-refractivity contribution < 1.29 is 0 Å². The molecule has 3 heteroatoms. The zero-order valence-electron chi connectivity index (χ0n) is 10.9. The Balaban J connectivity index is 2.07. The van der Waals surface area contributed by atoms with Crippen molar-refractivity contribution in [3.63, 3.8) is 0 Å². The highest BCUT2D eigenvalue weighted by molar-refractivity contribution is 6.33. The fraction of sp³-hybridized carbons (Fsp3) is 0.250. The molecule has 0 aliphatic rings. The molecule has 2 aromatic carbocycles. The average Bonchev–Trinajstić information content (AvgIpc) is 2.40. The van der Waals surface area contributed by atoms with Gasteiger partial charge in [-0.15, -0.1) is 0 Å². The van der Waals surface area contributed by atoms with E-state index in [4.69, 9.17) is 28.9 Å². The molecule has 100 valence electrons. The Labute approximate surface area is 124 Å². The van der Waals surface area contributed by atoms with Gasteiger partial charge in [-0.1, -0.05) is 47.5 Å². The second kappa shape index (κ2) is 6.42. The molecule has 0 spiro atoms. The molecular formula is C16H17Cl2N. The normalized spacial score (nSPS) is 12.4. The van der Waals surface area contributed by atoms with E-state index in [0.717, 1.165) is 18.4 Å². The van der Waals surface area contributed by atoms with Crippen LogP contribution in [0.1, 0.15) is 29.2 Å². The van der Waals surface area contributed by atoms with Gasteiger partial charge in [0, 0.05) is 16.1 Å². The standard InChI is InChI=1S/C16H17Cl2N/c1-11-4-2-3-5-12(11)6-9-16(19)14-10-13(17)7-8-15(14)18/h2-5,7-8,10,16H,6,9,19H2,1H3. The van der Waals surface area contributed by atoms with Gasteiger partial charge in [-0.2, -0.15) is 0 Å². The Morgan fingerprint density at radius 1 is 1.11 bits per heavy atom. The maximum Gasteiger partial charge on any atom is 0.0454 e. The van der Waals surface area contributed by atoms with E-state index < -0.39 is 0 Å². The zero-order valence-corrected chi connectivity index (χ0v) is 12.4. The van der Waals surface area contributed by atoms with Gasteiger partial charge in [0.05, 0.1) is 0 Å². The van der Waals surface area contributed by atoms with Crippen LogP contribution in [-0.2, 0) is 6.42 Å². The van der Waals surface area contributed by atoms with Crippen molar-refractivity contribution in [1.29, 1.82) is 0 Å². The van der Waals surface area contributed by atoms with Crippen LogP contribution >= 0.6 is 23.2 Å². The molecule has 19 heavy (non-hydrogen) atoms. The fourth-order valence-electron chi connectivity index (χ4n) is 2.16. The van der Waals surface area contributed by atoms with Gasteiger partial charge in [0.1, 0.15) is 0 Å². The monoisotopic (exact) mass is 293 g/mol. The highest BCUT2D eigenvalue weighted by Crippen LogP contribution is 2.27. The van der Waals surface area contributed by atoms with Crippen LogP contribution in [0, 0.1) is 6.92 Å². The number of hydrogen-bond donors (Lipinski definition) is 1. The van der Waals surface area contributed by atoms with E-state index >= 15 is 0 Å². The van der Waals surface area contributed by atoms with Crippen molar-refractivity contribution in [2.24, 2.45) is 5.73 Å². The molecule has 0 bridgehead atoms. The molecule has 0 radical (unpaired) electrons. The van der Waals surface area contributed by atoms with Gasteiger partial charge < -0.3 is 5.73 Å². The molecule has 1 unspecified atom stereocenters. The fourth-order valence-corrected chi connectivity index (χ4v) is 2.59. The number of nitrogens with two attached hydrogens (primary N) is 1. The molecule has 2 rings (SSSR count). The summed E-state index contributed by atoms with van der Waals surface area (Å²) in [6, 6.07) is 13.7. The third kappa shape index (κ3) is 3.73. The van der Waals surface area contributed by atoms with Crippen molar-refractivity contribution in [2.75, 3.05) is 0 Å². The second-order valence-corrected chi connectivity index (χ2v) is 5.58. The number of halogens is 2. The lowest BCUT2D eigenvalue weighted by Crippen LogP contribution is -2.12. The van der Waals surface area contributed by atoms with Gasteiger partial charge in [-0.05, 0) is 54.7 Å². The zero-order chi connectivity index (χ0) is 13.8. The topological polar surface area (TPSA) is 26.0 Å². The Hall–Kier alpha value is -1.02. The van der Waals surface area contributed by atoms with E-state index in [1.807, 2.05) is 12.1 Å². The summed E-state index contributed by atoms with van der Waals surface area (Å²) in [6.45, 7) is 2.12. The maximum absolute atomic E-state index is 6.22. The predicted octanol–water partition coefficient (Wildman–Crippen LogP) is 4.93. The SMILES string of the molecule is Cc1ccccc1CCC(N)c1cc(Cl)ccc1Cl. The maximum atomic E-state index is 6.22. The third-order valence-corrected chi connectivity index (χ3v) is 3.92. The third-order valence-electron chi connectivity index (χ3n) is 3.34. The molecule has 0 saturated carbocycles. The summed E-state index contributed by atoms with van der Waals surface area (Å²) in [7, 11) is 0. The van der Waals surface area contributed by atoms with Crippen molar-refractivity contribution in [3.8, 4) is 0 Å². The highest BCUT2D eigenvalue weighted by atomic mass is 35.5. The van der Waals surface area contributed by atoms with Gasteiger partial charge in [-0.3, -0.25) is 0 Å². The van der Waals surface area contributed by atoms with Crippen molar-refractivity contribution in [1.82, 2.24) is 0 Å². The summed E-state index contributed by atoms with van der Waals surface area (Å²) in [5.74, 6) is 0.